The van der Waals surface area contributed by atoms with Gasteiger partial charge in [0.1, 0.15) is 0 Å². The van der Waals surface area contributed by atoms with E-state index in [1.54, 1.807) is 12.1 Å². The third-order valence-electron chi connectivity index (χ3n) is 4.65. The molecule has 1 saturated heterocycles. The predicted molar refractivity (Wildman–Crippen MR) is 97.1 cm³/mol. The molecule has 0 unspecified atom stereocenters. The van der Waals surface area contributed by atoms with Crippen molar-refractivity contribution < 1.29 is 4.79 Å². The predicted octanol–water partition coefficient (Wildman–Crippen LogP) is 3.01. The first-order valence-corrected chi connectivity index (χ1v) is 8.62. The zero-order chi connectivity index (χ0) is 17.2. The Kier molecular flexibility index (Phi) is 4.06. The lowest BCUT2D eigenvalue weighted by molar-refractivity contribution is 0.0718. The van der Waals surface area contributed by atoms with E-state index in [0.717, 1.165) is 32.4 Å². The molecule has 0 atom stereocenters. The van der Waals surface area contributed by atoms with E-state index in [-0.39, 0.29) is 11.5 Å². The van der Waals surface area contributed by atoms with E-state index in [2.05, 4.69) is 5.10 Å². The van der Waals surface area contributed by atoms with Gasteiger partial charge in [-0.25, -0.2) is 0 Å². The molecule has 0 N–H and O–H groups in total. The van der Waals surface area contributed by atoms with E-state index in [4.69, 9.17) is 0 Å². The van der Waals surface area contributed by atoms with Crippen molar-refractivity contribution in [1.82, 2.24) is 14.7 Å². The Labute approximate surface area is 145 Å². The van der Waals surface area contributed by atoms with Crippen molar-refractivity contribution in [3.05, 3.63) is 70.6 Å². The summed E-state index contributed by atoms with van der Waals surface area (Å²) >= 11 is 0. The quantitative estimate of drug-likeness (QED) is 0.724. The Balaban J connectivity index is 1.92. The zero-order valence-electron chi connectivity index (χ0n) is 13.9. The van der Waals surface area contributed by atoms with Crippen LogP contribution in [0.25, 0.3) is 16.5 Å². The van der Waals surface area contributed by atoms with Crippen molar-refractivity contribution >= 4 is 16.7 Å². The molecule has 0 radical (unpaired) electrons. The van der Waals surface area contributed by atoms with Crippen LogP contribution in [-0.4, -0.2) is 33.7 Å². The average Bonchev–Trinajstić information content (AvgIpc) is 2.69. The van der Waals surface area contributed by atoms with Gasteiger partial charge in [-0.1, -0.05) is 36.4 Å². The number of likely N-dealkylation sites (tertiary alicyclic amines) is 1. The number of fused-ring (bicyclic) bond motifs is 1. The SMILES string of the molecule is O=C(c1nn(-c2ccccc2)c(=O)c2ccccc12)N1CCCCC1. The number of amides is 1. The topological polar surface area (TPSA) is 55.2 Å². The van der Waals surface area contributed by atoms with Crippen LogP contribution in [-0.2, 0) is 0 Å². The molecule has 2 heterocycles. The number of para-hydroxylation sites is 1. The molecule has 1 fully saturated rings. The Morgan fingerprint density at radius 1 is 0.840 bits per heavy atom. The molecule has 5 heteroatoms. The fourth-order valence-electron chi connectivity index (χ4n) is 3.34. The average molecular weight is 333 g/mol. The maximum Gasteiger partial charge on any atom is 0.279 e. The van der Waals surface area contributed by atoms with Crippen molar-refractivity contribution in [1.29, 1.82) is 0 Å². The molecule has 1 aromatic heterocycles. The maximum absolute atomic E-state index is 13.1. The Bertz CT molecular complexity index is 973. The summed E-state index contributed by atoms with van der Waals surface area (Å²) in [4.78, 5) is 27.8. The Morgan fingerprint density at radius 3 is 2.20 bits per heavy atom. The van der Waals surface area contributed by atoms with Crippen LogP contribution >= 0.6 is 0 Å². The van der Waals surface area contributed by atoms with Crippen LogP contribution in [0.3, 0.4) is 0 Å². The van der Waals surface area contributed by atoms with Gasteiger partial charge in [0.05, 0.1) is 11.1 Å². The third kappa shape index (κ3) is 2.82. The highest BCUT2D eigenvalue weighted by molar-refractivity contribution is 6.04. The highest BCUT2D eigenvalue weighted by Crippen LogP contribution is 2.19. The molecule has 2 aromatic carbocycles. The van der Waals surface area contributed by atoms with Gasteiger partial charge in [-0.15, -0.1) is 0 Å². The normalized spacial score (nSPS) is 14.6. The van der Waals surface area contributed by atoms with E-state index >= 15 is 0 Å². The first-order valence-electron chi connectivity index (χ1n) is 8.62. The highest BCUT2D eigenvalue weighted by Gasteiger charge is 2.23. The molecule has 25 heavy (non-hydrogen) atoms. The highest BCUT2D eigenvalue weighted by atomic mass is 16.2. The second-order valence-corrected chi connectivity index (χ2v) is 6.30. The maximum atomic E-state index is 13.1. The summed E-state index contributed by atoms with van der Waals surface area (Å²) in [6.45, 7) is 1.50. The van der Waals surface area contributed by atoms with E-state index in [1.165, 1.54) is 4.68 Å². The van der Waals surface area contributed by atoms with E-state index in [0.29, 0.717) is 22.2 Å². The molecule has 4 rings (SSSR count). The standard InChI is InChI=1S/C20H19N3O2/c24-19-17-12-6-5-11-16(17)18(20(25)22-13-7-2-8-14-22)21-23(19)15-9-3-1-4-10-15/h1,3-6,9-12H,2,7-8,13-14H2. The summed E-state index contributed by atoms with van der Waals surface area (Å²) in [5.74, 6) is -0.0967. The Morgan fingerprint density at radius 2 is 1.48 bits per heavy atom. The fourth-order valence-corrected chi connectivity index (χ4v) is 3.34. The number of rotatable bonds is 2. The second kappa shape index (κ2) is 6.51. The monoisotopic (exact) mass is 333 g/mol. The van der Waals surface area contributed by atoms with E-state index < -0.39 is 0 Å². The largest absolute Gasteiger partial charge is 0.337 e. The molecule has 0 saturated carbocycles. The van der Waals surface area contributed by atoms with Gasteiger partial charge >= 0.3 is 0 Å². The molecule has 5 nitrogen and oxygen atoms in total. The van der Waals surface area contributed by atoms with Gasteiger partial charge in [0.15, 0.2) is 5.69 Å². The number of carbonyl (C=O) groups excluding carboxylic acids is 1. The molecular formula is C20H19N3O2. The number of hydrogen-bond donors (Lipinski definition) is 0. The summed E-state index contributed by atoms with van der Waals surface area (Å²) in [5, 5.41) is 5.59. The molecule has 0 bridgehead atoms. The van der Waals surface area contributed by atoms with E-state index in [9.17, 15) is 9.59 Å². The van der Waals surface area contributed by atoms with Gasteiger partial charge in [-0.05, 0) is 37.5 Å². The van der Waals surface area contributed by atoms with Crippen LogP contribution in [0.5, 0.6) is 0 Å². The van der Waals surface area contributed by atoms with E-state index in [1.807, 2.05) is 47.4 Å². The number of hydrogen-bond acceptors (Lipinski definition) is 3. The lowest BCUT2D eigenvalue weighted by Crippen LogP contribution is -2.37. The zero-order valence-corrected chi connectivity index (χ0v) is 13.9. The van der Waals surface area contributed by atoms with Crippen molar-refractivity contribution in [3.8, 4) is 5.69 Å². The van der Waals surface area contributed by atoms with Gasteiger partial charge in [-0.3, -0.25) is 9.59 Å². The molecule has 0 aliphatic carbocycles. The van der Waals surface area contributed by atoms with Crippen molar-refractivity contribution in [2.45, 2.75) is 19.3 Å². The molecule has 126 valence electrons. The minimum atomic E-state index is -0.211. The van der Waals surface area contributed by atoms with Crippen LogP contribution in [0, 0.1) is 0 Å². The van der Waals surface area contributed by atoms with Crippen molar-refractivity contribution in [2.75, 3.05) is 13.1 Å². The fraction of sp³-hybridized carbons (Fsp3) is 0.250. The van der Waals surface area contributed by atoms with Crippen molar-refractivity contribution in [3.63, 3.8) is 0 Å². The van der Waals surface area contributed by atoms with Gasteiger partial charge < -0.3 is 4.90 Å². The minimum absolute atomic E-state index is 0.0967. The molecule has 0 spiro atoms. The number of aromatic nitrogens is 2. The first kappa shape index (κ1) is 15.6. The van der Waals surface area contributed by atoms with Crippen LogP contribution in [0.4, 0.5) is 0 Å². The van der Waals surface area contributed by atoms with Gasteiger partial charge in [0.25, 0.3) is 11.5 Å². The number of benzene rings is 2. The summed E-state index contributed by atoms with van der Waals surface area (Å²) in [6, 6.07) is 16.4. The third-order valence-corrected chi connectivity index (χ3v) is 4.65. The van der Waals surface area contributed by atoms with Gasteiger partial charge in [0.2, 0.25) is 0 Å². The van der Waals surface area contributed by atoms with Crippen molar-refractivity contribution in [2.24, 2.45) is 0 Å². The summed E-state index contributed by atoms with van der Waals surface area (Å²) in [6.07, 6.45) is 3.19. The number of nitrogens with zero attached hydrogens (tertiary/aromatic N) is 3. The molecule has 1 aliphatic heterocycles. The lowest BCUT2D eigenvalue weighted by Gasteiger charge is -2.26. The summed E-state index contributed by atoms with van der Waals surface area (Å²) in [7, 11) is 0. The smallest absolute Gasteiger partial charge is 0.279 e. The molecule has 1 amide bonds. The number of piperidine rings is 1. The Hall–Kier alpha value is -2.95. The van der Waals surface area contributed by atoms with Crippen LogP contribution in [0.2, 0.25) is 0 Å². The summed E-state index contributed by atoms with van der Waals surface area (Å²) in [5.41, 5.74) is 0.795. The van der Waals surface area contributed by atoms with Crippen LogP contribution in [0.15, 0.2) is 59.4 Å². The molecule has 1 aliphatic rings. The first-order chi connectivity index (χ1) is 12.3. The molecular weight excluding hydrogens is 314 g/mol. The van der Waals surface area contributed by atoms with Crippen LogP contribution < -0.4 is 5.56 Å². The molecule has 3 aromatic rings. The van der Waals surface area contributed by atoms with Gasteiger partial charge in [0, 0.05) is 18.5 Å². The number of carbonyl (C=O) groups is 1. The summed E-state index contributed by atoms with van der Waals surface area (Å²) < 4.78 is 1.33. The van der Waals surface area contributed by atoms with Gasteiger partial charge in [-0.2, -0.15) is 9.78 Å². The lowest BCUT2D eigenvalue weighted by atomic mass is 10.1. The second-order valence-electron chi connectivity index (χ2n) is 6.30. The van der Waals surface area contributed by atoms with Crippen LogP contribution in [0.1, 0.15) is 29.8 Å². The minimum Gasteiger partial charge on any atom is -0.337 e.